The molecule has 276 valence electrons. The monoisotopic (exact) mass is 704 g/mol. The summed E-state index contributed by atoms with van der Waals surface area (Å²) in [5, 5.41) is 0.788. The van der Waals surface area contributed by atoms with Crippen LogP contribution in [0.25, 0.3) is 11.1 Å². The molecule has 0 amide bonds. The molecule has 2 aliphatic carbocycles. The van der Waals surface area contributed by atoms with Crippen LogP contribution in [-0.4, -0.2) is 25.5 Å². The van der Waals surface area contributed by atoms with Gasteiger partial charge in [-0.25, -0.2) is 0 Å². The molecule has 5 heteroatoms. The fraction of sp³-hybridized carbons (Fsp3) is 0.511. The molecule has 2 aliphatic rings. The molecule has 3 aromatic rings. The van der Waals surface area contributed by atoms with Gasteiger partial charge in [0.2, 0.25) is 0 Å². The van der Waals surface area contributed by atoms with Gasteiger partial charge in [-0.3, -0.25) is 4.79 Å². The molecule has 0 aromatic heterocycles. The van der Waals surface area contributed by atoms with E-state index in [1.165, 1.54) is 58.7 Å². The Bertz CT molecular complexity index is 1460. The molecule has 0 heterocycles. The van der Waals surface area contributed by atoms with E-state index in [-0.39, 0.29) is 18.0 Å². The summed E-state index contributed by atoms with van der Waals surface area (Å²) in [6, 6.07) is 21.6. The number of ether oxygens (including phenoxy) is 2. The molecule has 0 N–H and O–H groups in total. The number of halogens is 1. The quantitative estimate of drug-likeness (QED) is 0.146. The SMILES string of the molecule is CC.CC1=CCC(CC(=O)OC(C)C)CC1.CC=O.CCCC.COc1c(C)cccc1[C@@H]1c2cc(Cl)ccc2-c2ccccc2CCC1C. The van der Waals surface area contributed by atoms with E-state index in [0.29, 0.717) is 18.3 Å². The lowest BCUT2D eigenvalue weighted by Gasteiger charge is -2.32. The molecule has 3 aromatic carbocycles. The molecule has 50 heavy (non-hydrogen) atoms. The number of rotatable bonds is 6. The van der Waals surface area contributed by atoms with Crippen LogP contribution in [0.1, 0.15) is 135 Å². The molecule has 0 spiro atoms. The van der Waals surface area contributed by atoms with Crippen LogP contribution in [0.4, 0.5) is 0 Å². The minimum Gasteiger partial charge on any atom is -0.496 e. The van der Waals surface area contributed by atoms with Gasteiger partial charge >= 0.3 is 5.97 Å². The van der Waals surface area contributed by atoms with Gasteiger partial charge in [-0.1, -0.05) is 119 Å². The Morgan fingerprint density at radius 3 is 2.16 bits per heavy atom. The van der Waals surface area contributed by atoms with E-state index in [0.717, 1.165) is 49.2 Å². The Kier molecular flexibility index (Phi) is 22.1. The summed E-state index contributed by atoms with van der Waals surface area (Å²) in [4.78, 5) is 20.2. The summed E-state index contributed by atoms with van der Waals surface area (Å²) in [6.45, 7) is 20.2. The average Bonchev–Trinajstić information content (AvgIpc) is 3.10. The number of fused-ring (bicyclic) bond motifs is 3. The Hall–Kier alpha value is -3.37. The van der Waals surface area contributed by atoms with Crippen molar-refractivity contribution in [2.75, 3.05) is 7.11 Å². The smallest absolute Gasteiger partial charge is 0.306 e. The van der Waals surface area contributed by atoms with Gasteiger partial charge in [0.05, 0.1) is 13.2 Å². The number of methoxy groups -OCH3 is 1. The normalized spacial score (nSPS) is 17.3. The van der Waals surface area contributed by atoms with Crippen LogP contribution >= 0.6 is 11.6 Å². The maximum absolute atomic E-state index is 11.4. The molecule has 0 saturated carbocycles. The summed E-state index contributed by atoms with van der Waals surface area (Å²) < 4.78 is 11.0. The zero-order valence-electron chi connectivity index (χ0n) is 32.9. The minimum atomic E-state index is -0.0436. The highest BCUT2D eigenvalue weighted by Gasteiger charge is 2.30. The van der Waals surface area contributed by atoms with Crippen molar-refractivity contribution < 1.29 is 19.1 Å². The zero-order chi connectivity index (χ0) is 37.6. The number of aldehydes is 1. The minimum absolute atomic E-state index is 0.0170. The molecular formula is C45H65ClO4. The molecule has 3 atom stereocenters. The van der Waals surface area contributed by atoms with Gasteiger partial charge < -0.3 is 14.3 Å². The second-order valence-electron chi connectivity index (χ2n) is 13.2. The largest absolute Gasteiger partial charge is 0.496 e. The molecule has 5 rings (SSSR count). The first kappa shape index (κ1) is 44.7. The van der Waals surface area contributed by atoms with Crippen molar-refractivity contribution in [3.05, 3.63) is 99.6 Å². The highest BCUT2D eigenvalue weighted by Crippen LogP contribution is 2.46. The number of esters is 1. The average molecular weight is 705 g/mol. The van der Waals surface area contributed by atoms with Crippen LogP contribution in [0.15, 0.2) is 72.3 Å². The molecule has 0 aliphatic heterocycles. The van der Waals surface area contributed by atoms with Gasteiger partial charge in [0.15, 0.2) is 0 Å². The lowest BCUT2D eigenvalue weighted by molar-refractivity contribution is -0.148. The van der Waals surface area contributed by atoms with Crippen LogP contribution in [0.5, 0.6) is 5.75 Å². The van der Waals surface area contributed by atoms with Gasteiger partial charge in [-0.15, -0.1) is 0 Å². The first-order valence-corrected chi connectivity index (χ1v) is 19.1. The maximum atomic E-state index is 11.4. The maximum Gasteiger partial charge on any atom is 0.306 e. The van der Waals surface area contributed by atoms with Gasteiger partial charge in [-0.05, 0) is 119 Å². The summed E-state index contributed by atoms with van der Waals surface area (Å²) in [7, 11) is 1.77. The second-order valence-corrected chi connectivity index (χ2v) is 13.7. The van der Waals surface area contributed by atoms with Crippen molar-refractivity contribution in [3.63, 3.8) is 0 Å². The fourth-order valence-electron chi connectivity index (χ4n) is 6.32. The molecule has 0 bridgehead atoms. The number of allylic oxidation sites excluding steroid dienone is 2. The number of benzene rings is 3. The predicted molar refractivity (Wildman–Crippen MR) is 215 cm³/mol. The summed E-state index contributed by atoms with van der Waals surface area (Å²) >= 11 is 6.47. The van der Waals surface area contributed by atoms with Crippen molar-refractivity contribution in [1.29, 1.82) is 0 Å². The van der Waals surface area contributed by atoms with Crippen LogP contribution in [0.3, 0.4) is 0 Å². The number of unbranched alkanes of at least 4 members (excludes halogenated alkanes) is 1. The number of hydrogen-bond donors (Lipinski definition) is 0. The number of hydrogen-bond acceptors (Lipinski definition) is 4. The third-order valence-electron chi connectivity index (χ3n) is 8.94. The third-order valence-corrected chi connectivity index (χ3v) is 9.18. The van der Waals surface area contributed by atoms with Crippen LogP contribution in [0, 0.1) is 18.8 Å². The number of carbonyl (C=O) groups excluding carboxylic acids is 2. The van der Waals surface area contributed by atoms with E-state index in [9.17, 15) is 4.79 Å². The number of aryl methyl sites for hydroxylation is 2. The van der Waals surface area contributed by atoms with Gasteiger partial charge in [0.25, 0.3) is 0 Å². The van der Waals surface area contributed by atoms with Crippen LogP contribution in [0.2, 0.25) is 5.02 Å². The molecule has 0 fully saturated rings. The van der Waals surface area contributed by atoms with Gasteiger partial charge in [0, 0.05) is 22.9 Å². The summed E-state index contributed by atoms with van der Waals surface area (Å²) in [6.07, 6.45) is 11.8. The predicted octanol–water partition coefficient (Wildman–Crippen LogP) is 13.2. The van der Waals surface area contributed by atoms with Crippen LogP contribution < -0.4 is 4.74 Å². The number of para-hydroxylation sites is 1. The highest BCUT2D eigenvalue weighted by atomic mass is 35.5. The second kappa shape index (κ2) is 24.7. The van der Waals surface area contributed by atoms with Crippen molar-refractivity contribution in [1.82, 2.24) is 0 Å². The first-order chi connectivity index (χ1) is 24.0. The summed E-state index contributed by atoms with van der Waals surface area (Å²) in [5.41, 5.74) is 9.22. The van der Waals surface area contributed by atoms with Crippen molar-refractivity contribution >= 4 is 23.9 Å². The number of carbonyl (C=O) groups is 2. The van der Waals surface area contributed by atoms with E-state index < -0.39 is 0 Å². The van der Waals surface area contributed by atoms with E-state index in [4.69, 9.17) is 25.9 Å². The molecular weight excluding hydrogens is 640 g/mol. The van der Waals surface area contributed by atoms with Crippen molar-refractivity contribution in [2.24, 2.45) is 11.8 Å². The van der Waals surface area contributed by atoms with Crippen molar-refractivity contribution in [2.45, 2.75) is 133 Å². The van der Waals surface area contributed by atoms with Gasteiger partial charge in [-0.2, -0.15) is 0 Å². The third kappa shape index (κ3) is 14.5. The topological polar surface area (TPSA) is 52.6 Å². The fourth-order valence-corrected chi connectivity index (χ4v) is 6.50. The Morgan fingerprint density at radius 2 is 1.58 bits per heavy atom. The molecule has 2 unspecified atom stereocenters. The zero-order valence-corrected chi connectivity index (χ0v) is 33.7. The Labute approximate surface area is 310 Å². The van der Waals surface area contributed by atoms with E-state index >= 15 is 0 Å². The molecule has 0 saturated heterocycles. The summed E-state index contributed by atoms with van der Waals surface area (Å²) in [5.74, 6) is 2.19. The van der Waals surface area contributed by atoms with E-state index in [2.05, 4.69) is 95.3 Å². The van der Waals surface area contributed by atoms with E-state index in [1.807, 2.05) is 33.8 Å². The standard InChI is InChI=1S/C25H25ClO.C12H20O2.C4H10.C2H4O.C2H6/c1-16-11-12-18-8-4-5-9-20(18)21-14-13-19(26)15-23(21)24(16)22-10-6-7-17(2)25(22)27-3;1-9(2)14-12(13)8-11-6-4-10(3)5-7-11;1-3-4-2;1-2-3;1-2/h4-10,13-16,24H,11-12H2,1-3H3;4,9,11H,5-8H2,1-3H3;3-4H2,1-2H3;2H,1H3;1-2H3/t16?,24-;;;;/m1..../s1. The van der Waals surface area contributed by atoms with E-state index in [1.54, 1.807) is 7.11 Å². The highest BCUT2D eigenvalue weighted by molar-refractivity contribution is 6.30. The molecule has 0 radical (unpaired) electrons. The van der Waals surface area contributed by atoms with Gasteiger partial charge in [0.1, 0.15) is 12.0 Å². The first-order valence-electron chi connectivity index (χ1n) is 18.8. The Morgan fingerprint density at radius 1 is 0.920 bits per heavy atom. The van der Waals surface area contributed by atoms with Crippen molar-refractivity contribution in [3.8, 4) is 16.9 Å². The lowest BCUT2D eigenvalue weighted by Crippen LogP contribution is -2.17. The Balaban J connectivity index is 0.000000455. The lowest BCUT2D eigenvalue weighted by atomic mass is 9.73. The molecule has 4 nitrogen and oxygen atoms in total. The van der Waals surface area contributed by atoms with Crippen LogP contribution in [-0.2, 0) is 20.7 Å².